The number of nitrogens with two attached hydrogens (primary N) is 1. The van der Waals surface area contributed by atoms with Gasteiger partial charge in [0.25, 0.3) is 0 Å². The molecule has 404 valence electrons. The van der Waals surface area contributed by atoms with Crippen molar-refractivity contribution in [1.82, 2.24) is 10.2 Å². The number of halogens is 4. The summed E-state index contributed by atoms with van der Waals surface area (Å²) >= 11 is 0. The van der Waals surface area contributed by atoms with E-state index >= 15 is 0 Å². The second-order valence-corrected chi connectivity index (χ2v) is 19.5. The van der Waals surface area contributed by atoms with Crippen LogP contribution in [0, 0.1) is 23.3 Å². The van der Waals surface area contributed by atoms with Gasteiger partial charge in [0.1, 0.15) is 34.4 Å². The second kappa shape index (κ2) is 27.5. The van der Waals surface area contributed by atoms with Crippen molar-refractivity contribution >= 4 is 43.3 Å². The van der Waals surface area contributed by atoms with Gasteiger partial charge in [0.05, 0.1) is 13.2 Å². The number of benzene rings is 6. The number of hydrogen-bond acceptors (Lipinski definition) is 10. The van der Waals surface area contributed by atoms with Crippen molar-refractivity contribution in [2.24, 2.45) is 0 Å². The predicted molar refractivity (Wildman–Crippen MR) is 277 cm³/mol. The van der Waals surface area contributed by atoms with E-state index in [0.717, 1.165) is 29.1 Å². The molecule has 1 atom stereocenters. The maximum Gasteiger partial charge on any atom is 0.584 e. The summed E-state index contributed by atoms with van der Waals surface area (Å²) in [6, 6.07) is 40.4. The number of para-hydroxylation sites is 2. The van der Waals surface area contributed by atoms with Crippen molar-refractivity contribution in [3.05, 3.63) is 191 Å². The number of carbonyl (C=O) groups excluding carboxylic acids is 3. The molecule has 1 aliphatic heterocycles. The SMILES string of the molecule is CCC(C)(C)c1ccc(OCCCC(=O)O)c(C(C)(C)CC)c1.Nc1c(F)c(F)c(C(=O)O)c(F)c1F.O=C1NC(=O)N(Cc2ccccc2)C(=O)C1c1ccccc1.O=P(O)(Oc1ccccc1)Oc1ccccc1. The number of carboxylic acids is 2. The minimum absolute atomic E-state index is 0.0297. The van der Waals surface area contributed by atoms with Crippen LogP contribution in [-0.4, -0.2) is 56.4 Å². The smallest absolute Gasteiger partial charge is 0.493 e. The number of ether oxygens (including phenoxy) is 1. The van der Waals surface area contributed by atoms with Crippen molar-refractivity contribution in [3.63, 3.8) is 0 Å². The molecule has 0 aromatic heterocycles. The average Bonchev–Trinajstić information content (AvgIpc) is 3.39. The molecule has 20 heteroatoms. The van der Waals surface area contributed by atoms with Crippen LogP contribution in [0.2, 0.25) is 0 Å². The van der Waals surface area contributed by atoms with Crippen molar-refractivity contribution in [3.8, 4) is 17.2 Å². The van der Waals surface area contributed by atoms with Gasteiger partial charge >= 0.3 is 25.8 Å². The van der Waals surface area contributed by atoms with Crippen LogP contribution in [-0.2, 0) is 36.3 Å². The first kappa shape index (κ1) is 60.5. The molecule has 15 nitrogen and oxygen atoms in total. The fourth-order valence-electron chi connectivity index (χ4n) is 6.96. The fraction of sp³-hybridized carbons (Fsp3) is 0.268. The number of hydrogen-bond donors (Lipinski definition) is 5. The summed E-state index contributed by atoms with van der Waals surface area (Å²) in [6.07, 6.45) is 2.78. The van der Waals surface area contributed by atoms with Gasteiger partial charge in [-0.05, 0) is 77.1 Å². The van der Waals surface area contributed by atoms with E-state index < -0.39 is 78.0 Å². The maximum absolute atomic E-state index is 12.7. The molecule has 1 unspecified atom stereocenters. The van der Waals surface area contributed by atoms with Crippen LogP contribution >= 0.6 is 7.82 Å². The van der Waals surface area contributed by atoms with E-state index in [0.29, 0.717) is 18.6 Å². The van der Waals surface area contributed by atoms with Crippen LogP contribution in [0.5, 0.6) is 17.2 Å². The number of phosphoric acid groups is 1. The molecule has 1 aliphatic rings. The Labute approximate surface area is 437 Å². The molecule has 6 aromatic carbocycles. The lowest BCUT2D eigenvalue weighted by Crippen LogP contribution is -2.56. The molecular weight excluding hydrogens is 1010 g/mol. The minimum atomic E-state index is -4.14. The first-order chi connectivity index (χ1) is 35.8. The molecule has 0 spiro atoms. The zero-order valence-electron chi connectivity index (χ0n) is 42.6. The minimum Gasteiger partial charge on any atom is -0.493 e. The second-order valence-electron chi connectivity index (χ2n) is 18.2. The third-order valence-corrected chi connectivity index (χ3v) is 12.9. The number of urea groups is 1. The first-order valence-electron chi connectivity index (χ1n) is 23.7. The molecule has 6 aromatic rings. The third-order valence-electron chi connectivity index (χ3n) is 12.1. The van der Waals surface area contributed by atoms with E-state index in [-0.39, 0.29) is 35.3 Å². The Bertz CT molecular complexity index is 2910. The Hall–Kier alpha value is -8.02. The molecule has 76 heavy (non-hydrogen) atoms. The summed E-state index contributed by atoms with van der Waals surface area (Å²) in [7, 11) is -4.14. The fourth-order valence-corrected chi connectivity index (χ4v) is 7.77. The molecule has 7 rings (SSSR count). The lowest BCUT2D eigenvalue weighted by molar-refractivity contribution is -0.139. The Balaban J connectivity index is 0.000000223. The van der Waals surface area contributed by atoms with Crippen LogP contribution in [0.15, 0.2) is 140 Å². The lowest BCUT2D eigenvalue weighted by atomic mass is 9.76. The number of carbonyl (C=O) groups is 5. The molecule has 1 heterocycles. The molecule has 0 radical (unpaired) electrons. The number of rotatable bonds is 17. The molecule has 0 aliphatic carbocycles. The number of nitrogens with one attached hydrogen (secondary N) is 1. The summed E-state index contributed by atoms with van der Waals surface area (Å²) < 4.78 is 78.0. The number of carboxylic acid groups (broad SMARTS) is 2. The predicted octanol–water partition coefficient (Wildman–Crippen LogP) is 12.1. The van der Waals surface area contributed by atoms with Gasteiger partial charge in [-0.3, -0.25) is 29.5 Å². The van der Waals surface area contributed by atoms with Gasteiger partial charge in [0, 0.05) is 12.0 Å². The number of aliphatic carboxylic acids is 1. The number of nitrogen functional groups attached to an aromatic ring is 1. The summed E-state index contributed by atoms with van der Waals surface area (Å²) in [6.45, 7) is 14.0. The van der Waals surface area contributed by atoms with Crippen LogP contribution in [0.3, 0.4) is 0 Å². The zero-order valence-corrected chi connectivity index (χ0v) is 43.5. The van der Waals surface area contributed by atoms with Gasteiger partial charge in [-0.25, -0.2) is 31.7 Å². The van der Waals surface area contributed by atoms with E-state index in [1.54, 1.807) is 84.9 Å². The van der Waals surface area contributed by atoms with Gasteiger partial charge in [-0.2, -0.15) is 0 Å². The summed E-state index contributed by atoms with van der Waals surface area (Å²) in [5.74, 6) is -11.4. The van der Waals surface area contributed by atoms with Crippen molar-refractivity contribution in [1.29, 1.82) is 0 Å². The van der Waals surface area contributed by atoms with E-state index in [4.69, 9.17) is 24.0 Å². The number of aromatic carboxylic acids is 1. The average molecular weight is 1070 g/mol. The number of nitrogens with zero attached hydrogens (tertiary/aromatic N) is 1. The van der Waals surface area contributed by atoms with Gasteiger partial charge in [-0.1, -0.05) is 151 Å². The zero-order chi connectivity index (χ0) is 56.4. The third kappa shape index (κ3) is 17.0. The molecular formula is C56H60F4N3O12P. The van der Waals surface area contributed by atoms with Crippen molar-refractivity contribution < 1.29 is 75.0 Å². The maximum atomic E-state index is 12.7. The normalized spacial score (nSPS) is 13.3. The summed E-state index contributed by atoms with van der Waals surface area (Å²) in [5.41, 5.74) is 5.67. The van der Waals surface area contributed by atoms with E-state index in [1.807, 2.05) is 36.4 Å². The molecule has 1 saturated heterocycles. The van der Waals surface area contributed by atoms with Gasteiger partial charge < -0.3 is 29.7 Å². The number of anilines is 1. The Kier molecular flexibility index (Phi) is 21.9. The highest BCUT2D eigenvalue weighted by Crippen LogP contribution is 2.44. The Morgan fingerprint density at radius 1 is 0.697 bits per heavy atom. The number of barbiturate groups is 1. The van der Waals surface area contributed by atoms with Crippen LogP contribution in [0.1, 0.15) is 106 Å². The van der Waals surface area contributed by atoms with Gasteiger partial charge in [-0.15, -0.1) is 0 Å². The van der Waals surface area contributed by atoms with Gasteiger partial charge in [0.15, 0.2) is 23.3 Å². The molecule has 6 N–H and O–H groups in total. The largest absolute Gasteiger partial charge is 0.584 e. The van der Waals surface area contributed by atoms with Crippen LogP contribution in [0.4, 0.5) is 28.0 Å². The molecule has 1 fully saturated rings. The number of phosphoric ester groups is 1. The Morgan fingerprint density at radius 2 is 1.17 bits per heavy atom. The van der Waals surface area contributed by atoms with E-state index in [2.05, 4.69) is 70.8 Å². The highest BCUT2D eigenvalue weighted by molar-refractivity contribution is 7.48. The number of amides is 4. The van der Waals surface area contributed by atoms with Crippen molar-refractivity contribution in [2.45, 2.75) is 90.5 Å². The Morgan fingerprint density at radius 3 is 1.63 bits per heavy atom. The van der Waals surface area contributed by atoms with E-state index in [9.17, 15) is 51.0 Å². The van der Waals surface area contributed by atoms with Crippen LogP contribution in [0.25, 0.3) is 0 Å². The van der Waals surface area contributed by atoms with Gasteiger partial charge in [0.2, 0.25) is 11.8 Å². The van der Waals surface area contributed by atoms with Crippen LogP contribution < -0.4 is 24.8 Å². The van der Waals surface area contributed by atoms with E-state index in [1.165, 1.54) is 11.1 Å². The molecule has 4 amide bonds. The van der Waals surface area contributed by atoms with Crippen molar-refractivity contribution in [2.75, 3.05) is 12.3 Å². The number of imide groups is 2. The standard InChI is InChI=1S/C20H32O3.C17H14N2O3.C12H11O4P.C7H3F4NO2/c1-7-19(3,4)15-11-12-17(23-13-9-10-18(21)22)16(14-15)20(5,6)8-2;20-15-14(13-9-5-2-6-10-13)16(21)19(17(22)18-15)11-12-7-3-1-4-8-12;13-17(14,15-11-7-3-1-4-8-11)16-12-9-5-2-6-10-12;8-2-1(7(13)14)3(9)5(11)6(12)4(2)10/h11-12,14H,7-10,13H2,1-6H3,(H,21,22);1-10,14H,11H2,(H,18,20,22);1-10H,(H,13,14);12H2,(H,13,14). The lowest BCUT2D eigenvalue weighted by Gasteiger charge is -2.30. The topological polar surface area (TPSA) is 232 Å². The quantitative estimate of drug-likeness (QED) is 0.0143. The highest BCUT2D eigenvalue weighted by Gasteiger charge is 2.41. The molecule has 0 saturated carbocycles. The first-order valence-corrected chi connectivity index (χ1v) is 25.2. The summed E-state index contributed by atoms with van der Waals surface area (Å²) in [5, 5.41) is 19.2. The molecule has 0 bridgehead atoms. The highest BCUT2D eigenvalue weighted by atomic mass is 31.2. The summed E-state index contributed by atoms with van der Waals surface area (Å²) in [4.78, 5) is 68.0. The monoisotopic (exact) mass is 1070 g/mol.